The summed E-state index contributed by atoms with van der Waals surface area (Å²) in [6.45, 7) is 9.53. The van der Waals surface area contributed by atoms with Gasteiger partial charge in [0.2, 0.25) is 0 Å². The van der Waals surface area contributed by atoms with Crippen molar-refractivity contribution in [1.29, 1.82) is 0 Å². The van der Waals surface area contributed by atoms with Gasteiger partial charge in [0.05, 0.1) is 23.3 Å². The fraction of sp³-hybridized carbons (Fsp3) is 0.688. The predicted octanol–water partition coefficient (Wildman–Crippen LogP) is 1.87. The smallest absolute Gasteiger partial charge is 0.191 e. The molecule has 1 rings (SSSR count). The second-order valence-corrected chi connectivity index (χ2v) is 9.67. The molecule has 0 aliphatic carbocycles. The number of sulfone groups is 1. The van der Waals surface area contributed by atoms with Crippen molar-refractivity contribution < 1.29 is 17.9 Å². The molecule has 1 aromatic heterocycles. The number of halogens is 1. The third-order valence-corrected chi connectivity index (χ3v) is 6.15. The van der Waals surface area contributed by atoms with Crippen LogP contribution in [0.1, 0.15) is 40.4 Å². The van der Waals surface area contributed by atoms with Gasteiger partial charge in [0, 0.05) is 13.1 Å². The van der Waals surface area contributed by atoms with Crippen molar-refractivity contribution in [1.82, 2.24) is 10.6 Å². The quantitative estimate of drug-likeness (QED) is 0.308. The average Bonchev–Trinajstić information content (AvgIpc) is 2.98. The minimum atomic E-state index is -3.20. The number of guanidine groups is 1. The van der Waals surface area contributed by atoms with Crippen LogP contribution >= 0.6 is 24.0 Å². The van der Waals surface area contributed by atoms with E-state index in [-0.39, 0.29) is 42.8 Å². The van der Waals surface area contributed by atoms with E-state index in [1.807, 2.05) is 6.92 Å². The van der Waals surface area contributed by atoms with E-state index in [2.05, 4.69) is 15.6 Å². The molecular formula is C16H30IN3O4S. The lowest BCUT2D eigenvalue weighted by Gasteiger charge is -2.21. The Morgan fingerprint density at radius 1 is 1.28 bits per heavy atom. The van der Waals surface area contributed by atoms with Crippen LogP contribution in [0.5, 0.6) is 0 Å². The lowest BCUT2D eigenvalue weighted by Crippen LogP contribution is -2.42. The van der Waals surface area contributed by atoms with Crippen molar-refractivity contribution in [3.63, 3.8) is 0 Å². The Morgan fingerprint density at radius 3 is 2.40 bits per heavy atom. The van der Waals surface area contributed by atoms with E-state index < -0.39 is 20.2 Å². The van der Waals surface area contributed by atoms with Crippen LogP contribution in [0.15, 0.2) is 27.8 Å². The largest absolute Gasteiger partial charge is 0.466 e. The predicted molar refractivity (Wildman–Crippen MR) is 111 cm³/mol. The number of hydrogen-bond donors (Lipinski definition) is 3. The molecule has 0 radical (unpaired) electrons. The number of nitrogens with one attached hydrogen (secondary N) is 2. The summed E-state index contributed by atoms with van der Waals surface area (Å²) < 4.78 is 28.7. The van der Waals surface area contributed by atoms with E-state index in [9.17, 15) is 13.5 Å². The van der Waals surface area contributed by atoms with Crippen molar-refractivity contribution in [3.05, 3.63) is 24.2 Å². The summed E-state index contributed by atoms with van der Waals surface area (Å²) in [5.74, 6) is 0.890. The summed E-state index contributed by atoms with van der Waals surface area (Å²) in [5, 5.41) is 16.4. The molecule has 1 heterocycles. The highest BCUT2D eigenvalue weighted by atomic mass is 127. The number of hydrogen-bond acceptors (Lipinski definition) is 5. The highest BCUT2D eigenvalue weighted by Gasteiger charge is 2.28. The molecule has 0 aliphatic heterocycles. The first-order chi connectivity index (χ1) is 11.0. The molecule has 1 atom stereocenters. The molecule has 0 amide bonds. The molecule has 1 unspecified atom stereocenters. The first kappa shape index (κ1) is 24.2. The molecule has 0 saturated heterocycles. The fourth-order valence-corrected chi connectivity index (χ4v) is 2.83. The van der Waals surface area contributed by atoms with Gasteiger partial charge in [0.15, 0.2) is 15.8 Å². The van der Waals surface area contributed by atoms with E-state index in [0.29, 0.717) is 18.3 Å². The zero-order valence-corrected chi connectivity index (χ0v) is 18.6. The van der Waals surface area contributed by atoms with Crippen LogP contribution in [0, 0.1) is 0 Å². The SMILES string of the molecule is CCNC(=NCC(C)(O)c1ccco1)NCCS(=O)(=O)C(C)(C)C.I. The van der Waals surface area contributed by atoms with Gasteiger partial charge in [-0.25, -0.2) is 13.4 Å². The van der Waals surface area contributed by atoms with E-state index in [4.69, 9.17) is 4.42 Å². The van der Waals surface area contributed by atoms with Crippen LogP contribution in [0.3, 0.4) is 0 Å². The minimum Gasteiger partial charge on any atom is -0.466 e. The van der Waals surface area contributed by atoms with Crippen molar-refractivity contribution in [2.24, 2.45) is 4.99 Å². The Morgan fingerprint density at radius 2 is 1.92 bits per heavy atom. The van der Waals surface area contributed by atoms with Crippen LogP contribution < -0.4 is 10.6 Å². The van der Waals surface area contributed by atoms with Gasteiger partial charge in [-0.15, -0.1) is 24.0 Å². The second-order valence-electron chi connectivity index (χ2n) is 6.80. The Kier molecular flexibility index (Phi) is 9.45. The molecule has 0 aliphatic rings. The number of furan rings is 1. The summed E-state index contributed by atoms with van der Waals surface area (Å²) in [6.07, 6.45) is 1.49. The highest BCUT2D eigenvalue weighted by molar-refractivity contribution is 14.0. The number of aliphatic imine (C=N–C) groups is 1. The molecule has 3 N–H and O–H groups in total. The number of aliphatic hydroxyl groups is 1. The van der Waals surface area contributed by atoms with E-state index in [1.165, 1.54) is 6.26 Å². The van der Waals surface area contributed by atoms with Gasteiger partial charge in [-0.2, -0.15) is 0 Å². The number of nitrogens with zero attached hydrogens (tertiary/aromatic N) is 1. The van der Waals surface area contributed by atoms with Gasteiger partial charge < -0.3 is 20.2 Å². The zero-order chi connectivity index (χ0) is 18.4. The van der Waals surface area contributed by atoms with Crippen LogP contribution in [0.4, 0.5) is 0 Å². The van der Waals surface area contributed by atoms with Crippen LogP contribution in [0.2, 0.25) is 0 Å². The van der Waals surface area contributed by atoms with E-state index in [1.54, 1.807) is 39.8 Å². The molecule has 0 bridgehead atoms. The van der Waals surface area contributed by atoms with E-state index in [0.717, 1.165) is 0 Å². The minimum absolute atomic E-state index is 0. The molecule has 1 aromatic rings. The van der Waals surface area contributed by atoms with Crippen LogP contribution in [-0.2, 0) is 15.4 Å². The van der Waals surface area contributed by atoms with Gasteiger partial charge in [-0.05, 0) is 46.8 Å². The normalized spacial score (nSPS) is 15.2. The molecule has 25 heavy (non-hydrogen) atoms. The van der Waals surface area contributed by atoms with Crippen molar-refractivity contribution >= 4 is 39.8 Å². The van der Waals surface area contributed by atoms with Crippen molar-refractivity contribution in [2.75, 3.05) is 25.4 Å². The number of rotatable bonds is 7. The maximum atomic E-state index is 12.1. The standard InChI is InChI=1S/C16H29N3O4S.HI/c1-6-17-14(18-9-11-24(21,22)15(2,3)4)19-12-16(5,20)13-8-7-10-23-13;/h7-8,10,20H,6,9,11-12H2,1-5H3,(H2,17,18,19);1H. The highest BCUT2D eigenvalue weighted by Crippen LogP contribution is 2.21. The fourth-order valence-electron chi connectivity index (χ4n) is 1.85. The first-order valence-corrected chi connectivity index (χ1v) is 9.65. The van der Waals surface area contributed by atoms with Crippen molar-refractivity contribution in [3.8, 4) is 0 Å². The summed E-state index contributed by atoms with van der Waals surface area (Å²) in [7, 11) is -3.20. The maximum Gasteiger partial charge on any atom is 0.191 e. The second kappa shape index (κ2) is 9.77. The molecule has 7 nitrogen and oxygen atoms in total. The molecule has 0 fully saturated rings. The Bertz CT molecular complexity index is 635. The third kappa shape index (κ3) is 7.53. The summed E-state index contributed by atoms with van der Waals surface area (Å²) >= 11 is 0. The lowest BCUT2D eigenvalue weighted by molar-refractivity contribution is 0.0437. The third-order valence-electron chi connectivity index (χ3n) is 3.54. The molecular weight excluding hydrogens is 457 g/mol. The summed E-state index contributed by atoms with van der Waals surface area (Å²) in [4.78, 5) is 4.31. The van der Waals surface area contributed by atoms with Crippen molar-refractivity contribution in [2.45, 2.75) is 45.0 Å². The molecule has 9 heteroatoms. The van der Waals surface area contributed by atoms with Crippen LogP contribution in [0.25, 0.3) is 0 Å². The van der Waals surface area contributed by atoms with Gasteiger partial charge in [0.1, 0.15) is 11.4 Å². The Balaban J connectivity index is 0.00000576. The molecule has 146 valence electrons. The summed E-state index contributed by atoms with van der Waals surface area (Å²) in [6, 6.07) is 3.39. The zero-order valence-electron chi connectivity index (χ0n) is 15.5. The van der Waals surface area contributed by atoms with Gasteiger partial charge >= 0.3 is 0 Å². The molecule has 0 spiro atoms. The Hall–Kier alpha value is -0.810. The molecule has 0 aromatic carbocycles. The maximum absolute atomic E-state index is 12.1. The van der Waals surface area contributed by atoms with Crippen LogP contribution in [-0.4, -0.2) is 49.6 Å². The van der Waals surface area contributed by atoms with Gasteiger partial charge in [-0.3, -0.25) is 0 Å². The average molecular weight is 487 g/mol. The van der Waals surface area contributed by atoms with Gasteiger partial charge in [-0.1, -0.05) is 0 Å². The topological polar surface area (TPSA) is 104 Å². The Labute approximate surface area is 167 Å². The first-order valence-electron chi connectivity index (χ1n) is 8.00. The molecule has 0 saturated carbocycles. The van der Waals surface area contributed by atoms with Gasteiger partial charge in [0.25, 0.3) is 0 Å². The summed E-state index contributed by atoms with van der Waals surface area (Å²) in [5.41, 5.74) is -1.23. The monoisotopic (exact) mass is 487 g/mol. The van der Waals surface area contributed by atoms with E-state index >= 15 is 0 Å². The lowest BCUT2D eigenvalue weighted by atomic mass is 10.0.